The van der Waals surface area contributed by atoms with Crippen LogP contribution >= 0.6 is 0 Å². The first-order chi connectivity index (χ1) is 17.9. The van der Waals surface area contributed by atoms with E-state index in [1.54, 1.807) is 24.2 Å². The largest absolute Gasteiger partial charge is 0.480 e. The van der Waals surface area contributed by atoms with Crippen LogP contribution in [0.5, 0.6) is 5.88 Å². The summed E-state index contributed by atoms with van der Waals surface area (Å²) in [6.45, 7) is 0. The number of pyridine rings is 1. The van der Waals surface area contributed by atoms with E-state index in [0.717, 1.165) is 47.0 Å². The first-order valence-corrected chi connectivity index (χ1v) is 12.5. The monoisotopic (exact) mass is 503 g/mol. The summed E-state index contributed by atoms with van der Waals surface area (Å²) < 4.78 is 7.28. The van der Waals surface area contributed by atoms with Crippen LogP contribution in [-0.2, 0) is 23.1 Å². The maximum Gasteiger partial charge on any atom is 0.223 e. The van der Waals surface area contributed by atoms with Crippen LogP contribution in [0.1, 0.15) is 56.0 Å². The number of fused-ring (bicyclic) bond motifs is 1. The Morgan fingerprint density at radius 3 is 2.76 bits per heavy atom. The molecule has 0 aliphatic carbocycles. The molecule has 37 heavy (non-hydrogen) atoms. The lowest BCUT2D eigenvalue weighted by Crippen LogP contribution is -2.29. The van der Waals surface area contributed by atoms with Gasteiger partial charge in [0.25, 0.3) is 0 Å². The lowest BCUT2D eigenvalue weighted by Gasteiger charge is -2.17. The van der Waals surface area contributed by atoms with Gasteiger partial charge in [0.1, 0.15) is 5.82 Å². The van der Waals surface area contributed by atoms with Crippen LogP contribution in [0.15, 0.2) is 48.9 Å². The van der Waals surface area contributed by atoms with E-state index >= 15 is 0 Å². The minimum absolute atomic E-state index is 0.0612. The number of rotatable bonds is 13. The number of para-hydroxylation sites is 1. The molecule has 0 unspecified atom stereocenters. The molecule has 0 saturated carbocycles. The zero-order valence-electron chi connectivity index (χ0n) is 21.2. The highest BCUT2D eigenvalue weighted by molar-refractivity contribution is 5.85. The van der Waals surface area contributed by atoms with E-state index in [1.165, 1.54) is 0 Å². The highest BCUT2D eigenvalue weighted by Gasteiger charge is 2.20. The summed E-state index contributed by atoms with van der Waals surface area (Å²) in [5.41, 5.74) is 8.67. The number of carbonyl (C=O) groups is 2. The number of imidazole rings is 1. The smallest absolute Gasteiger partial charge is 0.223 e. The number of aromatic amines is 1. The number of nitrogens with one attached hydrogen (secondary N) is 2. The van der Waals surface area contributed by atoms with Crippen LogP contribution < -0.4 is 15.8 Å². The molecule has 0 fully saturated rings. The number of ether oxygens (including phenoxy) is 1. The molecule has 2 amide bonds. The maximum atomic E-state index is 12.8. The van der Waals surface area contributed by atoms with Crippen molar-refractivity contribution in [3.8, 4) is 17.1 Å². The Hall–Kier alpha value is -4.21. The number of hydrogen-bond donors (Lipinski definition) is 3. The summed E-state index contributed by atoms with van der Waals surface area (Å²) in [5, 5.41) is 8.28. The Morgan fingerprint density at radius 1 is 1.16 bits per heavy atom. The molecule has 3 aromatic heterocycles. The molecule has 194 valence electrons. The number of methoxy groups -OCH3 is 1. The van der Waals surface area contributed by atoms with Crippen molar-refractivity contribution in [1.82, 2.24) is 30.0 Å². The Morgan fingerprint density at radius 2 is 2.00 bits per heavy atom. The highest BCUT2D eigenvalue weighted by atomic mass is 16.5. The van der Waals surface area contributed by atoms with Gasteiger partial charge in [0.15, 0.2) is 0 Å². The summed E-state index contributed by atoms with van der Waals surface area (Å²) >= 11 is 0. The number of carbonyl (C=O) groups excluding carboxylic acids is 2. The van der Waals surface area contributed by atoms with Gasteiger partial charge in [-0.1, -0.05) is 31.0 Å². The lowest BCUT2D eigenvalue weighted by atomic mass is 10.1. The second-order valence-electron chi connectivity index (χ2n) is 9.13. The lowest BCUT2D eigenvalue weighted by molar-refractivity contribution is -0.122. The second-order valence-corrected chi connectivity index (χ2v) is 9.13. The van der Waals surface area contributed by atoms with E-state index in [4.69, 9.17) is 10.5 Å². The predicted octanol–water partition coefficient (Wildman–Crippen LogP) is 3.59. The quantitative estimate of drug-likeness (QED) is 0.238. The normalized spacial score (nSPS) is 11.9. The Bertz CT molecular complexity index is 1360. The van der Waals surface area contributed by atoms with Gasteiger partial charge in [0, 0.05) is 31.5 Å². The maximum absolute atomic E-state index is 12.8. The molecule has 3 heterocycles. The summed E-state index contributed by atoms with van der Waals surface area (Å²) in [6, 6.07) is 9.56. The van der Waals surface area contributed by atoms with Crippen LogP contribution in [0.25, 0.3) is 22.2 Å². The van der Waals surface area contributed by atoms with Gasteiger partial charge in [0.2, 0.25) is 17.7 Å². The van der Waals surface area contributed by atoms with Crippen molar-refractivity contribution in [2.24, 2.45) is 12.8 Å². The van der Waals surface area contributed by atoms with Crippen LogP contribution in [0.2, 0.25) is 0 Å². The minimum Gasteiger partial charge on any atom is -0.480 e. The van der Waals surface area contributed by atoms with Gasteiger partial charge in [-0.2, -0.15) is 5.10 Å². The number of primary amides is 1. The first-order valence-electron chi connectivity index (χ1n) is 12.5. The van der Waals surface area contributed by atoms with E-state index < -0.39 is 0 Å². The number of nitrogens with zero attached hydrogens (tertiary/aromatic N) is 4. The van der Waals surface area contributed by atoms with Crippen molar-refractivity contribution in [3.63, 3.8) is 0 Å². The molecule has 0 spiro atoms. The fraction of sp³-hybridized carbons (Fsp3) is 0.370. The number of H-pyrrole nitrogens is 1. The molecular formula is C27H33N7O3. The standard InChI is InChI=1S/C27H33N7O3/c1-34-17-18(15-30-34)12-13-25(36)31-22(10-4-3-5-11-24(28)35)26-29-16-23(32-26)20-14-19-8-6-7-9-21(19)33-27(20)37-2/h6-9,14-17,22H,3-5,10-13H2,1-2H3,(H2,28,35)(H,29,32)(H,31,36)/t22-/m0/s1. The average Bonchev–Trinajstić information content (AvgIpc) is 3.55. The molecule has 4 N–H and O–H groups in total. The van der Waals surface area contributed by atoms with E-state index in [9.17, 15) is 9.59 Å². The number of benzene rings is 1. The van der Waals surface area contributed by atoms with E-state index in [1.807, 2.05) is 43.6 Å². The Kier molecular flexibility index (Phi) is 8.50. The second kappa shape index (κ2) is 12.2. The molecule has 0 aliphatic rings. The van der Waals surface area contributed by atoms with Gasteiger partial charge >= 0.3 is 0 Å². The Balaban J connectivity index is 1.50. The molecule has 0 aliphatic heterocycles. The van der Waals surface area contributed by atoms with E-state index in [2.05, 4.69) is 25.4 Å². The highest BCUT2D eigenvalue weighted by Crippen LogP contribution is 2.31. The minimum atomic E-state index is -0.303. The van der Waals surface area contributed by atoms with Gasteiger partial charge in [-0.05, 0) is 37.0 Å². The molecule has 0 radical (unpaired) electrons. The number of amides is 2. The SMILES string of the molecule is COc1nc2ccccc2cc1-c1cnc([C@H](CCCCCC(N)=O)NC(=O)CCc2cnn(C)c2)[nH]1. The van der Waals surface area contributed by atoms with Gasteiger partial charge in [-0.15, -0.1) is 0 Å². The van der Waals surface area contributed by atoms with Crippen molar-refractivity contribution in [1.29, 1.82) is 0 Å². The molecule has 0 bridgehead atoms. The van der Waals surface area contributed by atoms with Crippen molar-refractivity contribution in [3.05, 3.63) is 60.3 Å². The van der Waals surface area contributed by atoms with Crippen LogP contribution in [0.4, 0.5) is 0 Å². The molecule has 4 rings (SSSR count). The van der Waals surface area contributed by atoms with E-state index in [-0.39, 0.29) is 17.9 Å². The van der Waals surface area contributed by atoms with Crippen molar-refractivity contribution in [2.45, 2.75) is 51.0 Å². The zero-order valence-corrected chi connectivity index (χ0v) is 21.2. The zero-order chi connectivity index (χ0) is 26.2. The Labute approximate surface area is 215 Å². The van der Waals surface area contributed by atoms with Crippen molar-refractivity contribution < 1.29 is 14.3 Å². The predicted molar refractivity (Wildman–Crippen MR) is 141 cm³/mol. The molecule has 4 aromatic rings. The molecule has 1 atom stereocenters. The molecule has 0 saturated heterocycles. The van der Waals surface area contributed by atoms with Crippen LogP contribution in [0, 0.1) is 0 Å². The van der Waals surface area contributed by atoms with Crippen LogP contribution in [-0.4, -0.2) is 43.7 Å². The fourth-order valence-corrected chi connectivity index (χ4v) is 4.32. The third kappa shape index (κ3) is 6.93. The number of aryl methyl sites for hydroxylation is 2. The fourth-order valence-electron chi connectivity index (χ4n) is 4.32. The third-order valence-electron chi connectivity index (χ3n) is 6.25. The number of nitrogens with two attached hydrogens (primary N) is 1. The summed E-state index contributed by atoms with van der Waals surface area (Å²) in [6.07, 6.45) is 9.79. The number of unbranched alkanes of at least 4 members (excludes halogenated alkanes) is 2. The van der Waals surface area contributed by atoms with Gasteiger partial charge < -0.3 is 20.8 Å². The topological polar surface area (TPSA) is 141 Å². The molecule has 10 nitrogen and oxygen atoms in total. The molecule has 10 heteroatoms. The summed E-state index contributed by atoms with van der Waals surface area (Å²) in [7, 11) is 3.45. The first kappa shape index (κ1) is 25.9. The van der Waals surface area contributed by atoms with Gasteiger partial charge in [0.05, 0.1) is 42.3 Å². The number of aromatic nitrogens is 5. The molecule has 1 aromatic carbocycles. The summed E-state index contributed by atoms with van der Waals surface area (Å²) in [5.74, 6) is 0.801. The molecular weight excluding hydrogens is 470 g/mol. The average molecular weight is 504 g/mol. The third-order valence-corrected chi connectivity index (χ3v) is 6.25. The van der Waals surface area contributed by atoms with Crippen LogP contribution in [0.3, 0.4) is 0 Å². The van der Waals surface area contributed by atoms with Gasteiger partial charge in [-0.3, -0.25) is 14.3 Å². The number of hydrogen-bond acceptors (Lipinski definition) is 6. The summed E-state index contributed by atoms with van der Waals surface area (Å²) in [4.78, 5) is 36.5. The van der Waals surface area contributed by atoms with Crippen molar-refractivity contribution in [2.75, 3.05) is 7.11 Å². The van der Waals surface area contributed by atoms with Gasteiger partial charge in [-0.25, -0.2) is 9.97 Å². The van der Waals surface area contributed by atoms with E-state index in [0.29, 0.717) is 37.4 Å². The van der Waals surface area contributed by atoms with Crippen molar-refractivity contribution >= 4 is 22.7 Å².